The molecule has 1 aromatic rings. The molecule has 0 saturated heterocycles. The zero-order chi connectivity index (χ0) is 13.2. The average Bonchev–Trinajstić information content (AvgIpc) is 2.38. The van der Waals surface area contributed by atoms with E-state index in [0.717, 1.165) is 5.56 Å². The number of carbonyl (C=O) groups excluding carboxylic acids is 1. The number of azide groups is 1. The molecular formula is C12H17N5O. The summed E-state index contributed by atoms with van der Waals surface area (Å²) in [7, 11) is 0. The molecule has 6 nitrogen and oxygen atoms in total. The van der Waals surface area contributed by atoms with Gasteiger partial charge in [-0.3, -0.25) is 4.79 Å². The number of carbonyl (C=O) groups is 1. The van der Waals surface area contributed by atoms with Crippen molar-refractivity contribution < 1.29 is 4.79 Å². The Labute approximate surface area is 106 Å². The number of primary amides is 1. The van der Waals surface area contributed by atoms with Crippen molar-refractivity contribution in [2.24, 2.45) is 10.8 Å². The van der Waals surface area contributed by atoms with E-state index in [9.17, 15) is 4.79 Å². The molecule has 0 bridgehead atoms. The van der Waals surface area contributed by atoms with E-state index in [1.165, 1.54) is 0 Å². The van der Waals surface area contributed by atoms with Gasteiger partial charge in [-0.05, 0) is 30.5 Å². The standard InChI is InChI=1S/C12H17N5O/c13-12(18)11(15-7-4-8-16-17-14)9-10-5-2-1-3-6-10/h1-3,5-6,11,15H,4,7-9H2,(H2,13,18). The maximum Gasteiger partial charge on any atom is 0.234 e. The lowest BCUT2D eigenvalue weighted by Gasteiger charge is -2.15. The third-order valence-electron chi connectivity index (χ3n) is 2.51. The monoisotopic (exact) mass is 247 g/mol. The Kier molecular flexibility index (Phi) is 6.32. The molecule has 0 fully saturated rings. The van der Waals surface area contributed by atoms with Crippen LogP contribution in [0.5, 0.6) is 0 Å². The van der Waals surface area contributed by atoms with Crippen LogP contribution in [0.4, 0.5) is 0 Å². The minimum Gasteiger partial charge on any atom is -0.368 e. The first-order chi connectivity index (χ1) is 8.74. The van der Waals surface area contributed by atoms with Gasteiger partial charge in [-0.25, -0.2) is 0 Å². The fourth-order valence-electron chi connectivity index (χ4n) is 1.59. The molecule has 1 aromatic carbocycles. The van der Waals surface area contributed by atoms with E-state index in [4.69, 9.17) is 11.3 Å². The Morgan fingerprint density at radius 2 is 2.17 bits per heavy atom. The van der Waals surface area contributed by atoms with E-state index in [-0.39, 0.29) is 5.91 Å². The molecule has 0 aliphatic carbocycles. The minimum atomic E-state index is -0.390. The zero-order valence-electron chi connectivity index (χ0n) is 10.1. The van der Waals surface area contributed by atoms with Crippen molar-refractivity contribution in [1.29, 1.82) is 0 Å². The van der Waals surface area contributed by atoms with Crippen molar-refractivity contribution in [3.05, 3.63) is 46.3 Å². The number of hydrogen-bond acceptors (Lipinski definition) is 3. The van der Waals surface area contributed by atoms with Gasteiger partial charge in [0, 0.05) is 11.5 Å². The quantitative estimate of drug-likeness (QED) is 0.313. The summed E-state index contributed by atoms with van der Waals surface area (Å²) in [5.41, 5.74) is 14.5. The highest BCUT2D eigenvalue weighted by Gasteiger charge is 2.14. The molecule has 0 heterocycles. The Bertz CT molecular complexity index is 414. The third kappa shape index (κ3) is 5.34. The fraction of sp³-hybridized carbons (Fsp3) is 0.417. The fourth-order valence-corrected chi connectivity index (χ4v) is 1.59. The van der Waals surface area contributed by atoms with Crippen molar-refractivity contribution >= 4 is 5.91 Å². The molecule has 0 aliphatic rings. The predicted octanol–water partition coefficient (Wildman–Crippen LogP) is 1.37. The number of rotatable bonds is 8. The van der Waals surface area contributed by atoms with Gasteiger partial charge in [0.25, 0.3) is 0 Å². The minimum absolute atomic E-state index is 0.373. The summed E-state index contributed by atoms with van der Waals surface area (Å²) in [4.78, 5) is 14.0. The number of nitrogens with one attached hydrogen (secondary N) is 1. The van der Waals surface area contributed by atoms with E-state index in [1.807, 2.05) is 30.3 Å². The first-order valence-electron chi connectivity index (χ1n) is 5.81. The molecule has 18 heavy (non-hydrogen) atoms. The van der Waals surface area contributed by atoms with Gasteiger partial charge in [-0.2, -0.15) is 0 Å². The third-order valence-corrected chi connectivity index (χ3v) is 2.51. The van der Waals surface area contributed by atoms with E-state index >= 15 is 0 Å². The normalized spacial score (nSPS) is 11.6. The molecule has 0 aliphatic heterocycles. The van der Waals surface area contributed by atoms with Crippen molar-refractivity contribution in [3.8, 4) is 0 Å². The maximum absolute atomic E-state index is 11.3. The molecule has 1 rings (SSSR count). The van der Waals surface area contributed by atoms with Crippen LogP contribution in [0, 0.1) is 0 Å². The lowest BCUT2D eigenvalue weighted by Crippen LogP contribution is -2.43. The van der Waals surface area contributed by atoms with E-state index < -0.39 is 6.04 Å². The van der Waals surface area contributed by atoms with E-state index in [2.05, 4.69) is 15.3 Å². The summed E-state index contributed by atoms with van der Waals surface area (Å²) in [6.45, 7) is 1.01. The van der Waals surface area contributed by atoms with Gasteiger partial charge in [-0.1, -0.05) is 35.4 Å². The topological polar surface area (TPSA) is 104 Å². The summed E-state index contributed by atoms with van der Waals surface area (Å²) in [6.07, 6.45) is 1.25. The summed E-state index contributed by atoms with van der Waals surface area (Å²) in [5.74, 6) is -0.373. The Hall–Kier alpha value is -2.04. The molecule has 0 radical (unpaired) electrons. The van der Waals surface area contributed by atoms with Gasteiger partial charge in [-0.15, -0.1) is 0 Å². The van der Waals surface area contributed by atoms with E-state index in [0.29, 0.717) is 25.9 Å². The van der Waals surface area contributed by atoms with Crippen LogP contribution in [-0.4, -0.2) is 25.0 Å². The van der Waals surface area contributed by atoms with Crippen LogP contribution in [0.25, 0.3) is 10.4 Å². The molecule has 96 valence electrons. The van der Waals surface area contributed by atoms with Gasteiger partial charge in [0.05, 0.1) is 6.04 Å². The van der Waals surface area contributed by atoms with Crippen molar-refractivity contribution in [1.82, 2.24) is 5.32 Å². The van der Waals surface area contributed by atoms with Gasteiger partial charge in [0.2, 0.25) is 5.91 Å². The Morgan fingerprint density at radius 1 is 1.44 bits per heavy atom. The molecule has 0 spiro atoms. The summed E-state index contributed by atoms with van der Waals surface area (Å²) < 4.78 is 0. The second-order valence-corrected chi connectivity index (χ2v) is 3.91. The van der Waals surface area contributed by atoms with Crippen molar-refractivity contribution in [2.75, 3.05) is 13.1 Å². The predicted molar refractivity (Wildman–Crippen MR) is 69.8 cm³/mol. The molecule has 6 heteroatoms. The Morgan fingerprint density at radius 3 is 2.78 bits per heavy atom. The number of hydrogen-bond donors (Lipinski definition) is 2. The zero-order valence-corrected chi connectivity index (χ0v) is 10.1. The van der Waals surface area contributed by atoms with Gasteiger partial charge in [0.15, 0.2) is 0 Å². The lowest BCUT2D eigenvalue weighted by atomic mass is 10.1. The molecule has 3 N–H and O–H groups in total. The van der Waals surface area contributed by atoms with Crippen LogP contribution in [0.15, 0.2) is 35.4 Å². The second-order valence-electron chi connectivity index (χ2n) is 3.91. The molecule has 0 aromatic heterocycles. The highest BCUT2D eigenvalue weighted by molar-refractivity contribution is 5.80. The van der Waals surface area contributed by atoms with Gasteiger partial charge >= 0.3 is 0 Å². The average molecular weight is 247 g/mol. The van der Waals surface area contributed by atoms with Crippen LogP contribution < -0.4 is 11.1 Å². The number of amides is 1. The molecular weight excluding hydrogens is 230 g/mol. The van der Waals surface area contributed by atoms with Crippen LogP contribution >= 0.6 is 0 Å². The number of benzene rings is 1. The van der Waals surface area contributed by atoms with Crippen LogP contribution in [0.1, 0.15) is 12.0 Å². The summed E-state index contributed by atoms with van der Waals surface area (Å²) in [5, 5.41) is 6.49. The first-order valence-corrected chi connectivity index (χ1v) is 5.81. The maximum atomic E-state index is 11.3. The van der Waals surface area contributed by atoms with Gasteiger partial charge < -0.3 is 11.1 Å². The molecule has 1 atom stereocenters. The first kappa shape index (κ1) is 14.0. The molecule has 1 unspecified atom stereocenters. The molecule has 0 saturated carbocycles. The van der Waals surface area contributed by atoms with E-state index in [1.54, 1.807) is 0 Å². The molecule has 1 amide bonds. The smallest absolute Gasteiger partial charge is 0.234 e. The van der Waals surface area contributed by atoms with Crippen LogP contribution in [-0.2, 0) is 11.2 Å². The van der Waals surface area contributed by atoms with Crippen molar-refractivity contribution in [2.45, 2.75) is 18.9 Å². The summed E-state index contributed by atoms with van der Waals surface area (Å²) in [6, 6.07) is 9.30. The number of nitrogens with zero attached hydrogens (tertiary/aromatic N) is 3. The highest BCUT2D eigenvalue weighted by atomic mass is 16.1. The summed E-state index contributed by atoms with van der Waals surface area (Å²) >= 11 is 0. The Balaban J connectivity index is 2.41. The highest BCUT2D eigenvalue weighted by Crippen LogP contribution is 2.03. The lowest BCUT2D eigenvalue weighted by molar-refractivity contribution is -0.120. The largest absolute Gasteiger partial charge is 0.368 e. The van der Waals surface area contributed by atoms with Crippen LogP contribution in [0.3, 0.4) is 0 Å². The van der Waals surface area contributed by atoms with Crippen molar-refractivity contribution in [3.63, 3.8) is 0 Å². The van der Waals surface area contributed by atoms with Crippen LogP contribution in [0.2, 0.25) is 0 Å². The SMILES string of the molecule is [N-]=[N+]=NCCCNC(Cc1ccccc1)C(N)=O. The van der Waals surface area contributed by atoms with Gasteiger partial charge in [0.1, 0.15) is 0 Å². The number of nitrogens with two attached hydrogens (primary N) is 1. The second kappa shape index (κ2) is 8.11.